The van der Waals surface area contributed by atoms with Crippen LogP contribution in [0.3, 0.4) is 0 Å². The first-order valence-electron chi connectivity index (χ1n) is 5.62. The van der Waals surface area contributed by atoms with Crippen molar-refractivity contribution in [1.82, 2.24) is 20.2 Å². The molecule has 5 heteroatoms. The zero-order chi connectivity index (χ0) is 11.8. The van der Waals surface area contributed by atoms with Crippen molar-refractivity contribution in [3.63, 3.8) is 0 Å². The topological polar surface area (TPSA) is 51.1 Å². The summed E-state index contributed by atoms with van der Waals surface area (Å²) in [5.41, 5.74) is 1.08. The summed E-state index contributed by atoms with van der Waals surface area (Å²) in [4.78, 5) is 4.26. The second-order valence-corrected chi connectivity index (χ2v) is 4.01. The lowest BCUT2D eigenvalue weighted by molar-refractivity contribution is 0.198. The molecule has 0 saturated heterocycles. The molecule has 16 heavy (non-hydrogen) atoms. The van der Waals surface area contributed by atoms with Gasteiger partial charge in [0.05, 0.1) is 18.6 Å². The third-order valence-electron chi connectivity index (χ3n) is 2.32. The smallest absolute Gasteiger partial charge is 0.0947 e. The van der Waals surface area contributed by atoms with Crippen LogP contribution in [-0.2, 0) is 18.3 Å². The number of aryl methyl sites for hydroxylation is 1. The van der Waals surface area contributed by atoms with Crippen LogP contribution in [0.2, 0.25) is 0 Å². The number of nitrogens with zero attached hydrogens (tertiary/aromatic N) is 2. The Labute approximate surface area is 97.2 Å². The number of ether oxygens (including phenoxy) is 1. The van der Waals surface area contributed by atoms with Gasteiger partial charge in [-0.15, -0.1) is 0 Å². The highest BCUT2D eigenvalue weighted by Crippen LogP contribution is 1.93. The van der Waals surface area contributed by atoms with Crippen molar-refractivity contribution in [1.29, 1.82) is 0 Å². The molecule has 0 aliphatic rings. The molecule has 1 heterocycles. The normalized spacial score (nSPS) is 12.9. The molecule has 0 aliphatic carbocycles. The molecule has 1 aromatic rings. The van der Waals surface area contributed by atoms with Gasteiger partial charge in [0.1, 0.15) is 0 Å². The molecular weight excluding hydrogens is 204 g/mol. The van der Waals surface area contributed by atoms with E-state index in [-0.39, 0.29) is 0 Å². The summed E-state index contributed by atoms with van der Waals surface area (Å²) < 4.78 is 6.92. The molecule has 0 radical (unpaired) electrons. The van der Waals surface area contributed by atoms with E-state index in [1.165, 1.54) is 0 Å². The molecule has 1 unspecified atom stereocenters. The van der Waals surface area contributed by atoms with Gasteiger partial charge in [-0.1, -0.05) is 0 Å². The van der Waals surface area contributed by atoms with Gasteiger partial charge in [0.25, 0.3) is 0 Å². The molecule has 0 aliphatic heterocycles. The Morgan fingerprint density at radius 3 is 3.00 bits per heavy atom. The van der Waals surface area contributed by atoms with E-state index in [1.807, 2.05) is 24.1 Å². The molecule has 1 aromatic heterocycles. The van der Waals surface area contributed by atoms with Crippen LogP contribution < -0.4 is 10.6 Å². The molecule has 1 atom stereocenters. The predicted molar refractivity (Wildman–Crippen MR) is 64.3 cm³/mol. The largest absolute Gasteiger partial charge is 0.383 e. The molecule has 0 saturated carbocycles. The van der Waals surface area contributed by atoms with Gasteiger partial charge < -0.3 is 19.9 Å². The van der Waals surface area contributed by atoms with Crippen molar-refractivity contribution in [3.8, 4) is 0 Å². The maximum Gasteiger partial charge on any atom is 0.0947 e. The number of aromatic nitrogens is 2. The van der Waals surface area contributed by atoms with E-state index in [9.17, 15) is 0 Å². The Kier molecular flexibility index (Phi) is 6.07. The van der Waals surface area contributed by atoms with Crippen LogP contribution in [-0.4, -0.2) is 42.4 Å². The van der Waals surface area contributed by atoms with E-state index in [1.54, 1.807) is 7.11 Å². The quantitative estimate of drug-likeness (QED) is 0.619. The average Bonchev–Trinajstić information content (AvgIpc) is 2.68. The fourth-order valence-electron chi connectivity index (χ4n) is 1.40. The molecule has 0 bridgehead atoms. The van der Waals surface area contributed by atoms with Crippen LogP contribution in [0.15, 0.2) is 12.5 Å². The molecule has 5 nitrogen and oxygen atoms in total. The maximum atomic E-state index is 4.96. The van der Waals surface area contributed by atoms with Crippen LogP contribution in [0.1, 0.15) is 12.6 Å². The zero-order valence-corrected chi connectivity index (χ0v) is 10.4. The molecule has 0 aromatic carbocycles. The Morgan fingerprint density at radius 1 is 1.56 bits per heavy atom. The third-order valence-corrected chi connectivity index (χ3v) is 2.32. The summed E-state index contributed by atoms with van der Waals surface area (Å²) in [6.07, 6.45) is 3.84. The van der Waals surface area contributed by atoms with Gasteiger partial charge in [0.2, 0.25) is 0 Å². The summed E-state index contributed by atoms with van der Waals surface area (Å²) in [6, 6.07) is 0.430. The number of imidazole rings is 1. The summed E-state index contributed by atoms with van der Waals surface area (Å²) >= 11 is 0. The number of nitrogens with one attached hydrogen (secondary N) is 2. The fraction of sp³-hybridized carbons (Fsp3) is 0.727. The van der Waals surface area contributed by atoms with Crippen LogP contribution >= 0.6 is 0 Å². The summed E-state index contributed by atoms with van der Waals surface area (Å²) in [7, 11) is 3.69. The van der Waals surface area contributed by atoms with Crippen molar-refractivity contribution < 1.29 is 4.74 Å². The van der Waals surface area contributed by atoms with Gasteiger partial charge in [0.15, 0.2) is 0 Å². The van der Waals surface area contributed by atoms with Crippen molar-refractivity contribution in [2.45, 2.75) is 19.5 Å². The number of methoxy groups -OCH3 is 1. The van der Waals surface area contributed by atoms with Crippen molar-refractivity contribution >= 4 is 0 Å². The molecular formula is C11H22N4O. The lowest BCUT2D eigenvalue weighted by Crippen LogP contribution is -2.37. The van der Waals surface area contributed by atoms with Crippen LogP contribution in [0, 0.1) is 0 Å². The summed E-state index contributed by atoms with van der Waals surface area (Å²) in [6.45, 7) is 5.56. The van der Waals surface area contributed by atoms with E-state index in [4.69, 9.17) is 4.74 Å². The lowest BCUT2D eigenvalue weighted by Gasteiger charge is -2.13. The monoisotopic (exact) mass is 226 g/mol. The minimum atomic E-state index is 0.430. The Bertz CT molecular complexity index is 287. The third kappa shape index (κ3) is 5.25. The highest BCUT2D eigenvalue weighted by atomic mass is 16.5. The lowest BCUT2D eigenvalue weighted by atomic mass is 10.3. The minimum absolute atomic E-state index is 0.430. The Hall–Kier alpha value is -0.910. The second kappa shape index (κ2) is 7.38. The SMILES string of the molecule is COCCNCC(C)NCc1cn(C)cn1. The molecule has 0 spiro atoms. The second-order valence-electron chi connectivity index (χ2n) is 4.01. The molecule has 1 rings (SSSR count). The maximum absolute atomic E-state index is 4.96. The van der Waals surface area contributed by atoms with Crippen molar-refractivity contribution in [2.75, 3.05) is 26.8 Å². The summed E-state index contributed by atoms with van der Waals surface area (Å²) in [5.74, 6) is 0. The first kappa shape index (κ1) is 13.2. The van der Waals surface area contributed by atoms with Gasteiger partial charge in [-0.05, 0) is 6.92 Å². The average molecular weight is 226 g/mol. The number of hydrogen-bond acceptors (Lipinski definition) is 4. The minimum Gasteiger partial charge on any atom is -0.383 e. The zero-order valence-electron chi connectivity index (χ0n) is 10.4. The van der Waals surface area contributed by atoms with Gasteiger partial charge >= 0.3 is 0 Å². The van der Waals surface area contributed by atoms with Crippen LogP contribution in [0.5, 0.6) is 0 Å². The number of rotatable bonds is 8. The van der Waals surface area contributed by atoms with E-state index in [0.29, 0.717) is 6.04 Å². The van der Waals surface area contributed by atoms with E-state index >= 15 is 0 Å². The van der Waals surface area contributed by atoms with Crippen molar-refractivity contribution in [2.24, 2.45) is 7.05 Å². The van der Waals surface area contributed by atoms with Gasteiger partial charge in [0, 0.05) is 46.0 Å². The Morgan fingerprint density at radius 2 is 2.38 bits per heavy atom. The van der Waals surface area contributed by atoms with E-state index < -0.39 is 0 Å². The summed E-state index contributed by atoms with van der Waals surface area (Å²) in [5, 5.41) is 6.72. The fourth-order valence-corrected chi connectivity index (χ4v) is 1.40. The van der Waals surface area contributed by atoms with Gasteiger partial charge in [-0.2, -0.15) is 0 Å². The van der Waals surface area contributed by atoms with Crippen LogP contribution in [0.4, 0.5) is 0 Å². The highest BCUT2D eigenvalue weighted by Gasteiger charge is 2.02. The number of hydrogen-bond donors (Lipinski definition) is 2. The molecule has 0 amide bonds. The highest BCUT2D eigenvalue weighted by molar-refractivity contribution is 4.95. The molecule has 2 N–H and O–H groups in total. The van der Waals surface area contributed by atoms with E-state index in [2.05, 4.69) is 22.5 Å². The molecule has 92 valence electrons. The standard InChI is InChI=1S/C11H22N4O/c1-10(6-12-4-5-16-3)13-7-11-8-15(2)9-14-11/h8-10,12-13H,4-7H2,1-3H3. The Balaban J connectivity index is 2.08. The first-order valence-corrected chi connectivity index (χ1v) is 5.62. The van der Waals surface area contributed by atoms with E-state index in [0.717, 1.165) is 31.9 Å². The predicted octanol–water partition coefficient (Wildman–Crippen LogP) is 0.134. The van der Waals surface area contributed by atoms with Gasteiger partial charge in [-0.25, -0.2) is 4.98 Å². The molecule has 0 fully saturated rings. The first-order chi connectivity index (χ1) is 7.72. The van der Waals surface area contributed by atoms with Crippen LogP contribution in [0.25, 0.3) is 0 Å². The van der Waals surface area contributed by atoms with Crippen molar-refractivity contribution in [3.05, 3.63) is 18.2 Å². The van der Waals surface area contributed by atoms with Gasteiger partial charge in [-0.3, -0.25) is 0 Å².